The van der Waals surface area contributed by atoms with Gasteiger partial charge in [-0.25, -0.2) is 0 Å². The maximum absolute atomic E-state index is 13.0. The zero-order valence-corrected chi connectivity index (χ0v) is 8.61. The summed E-state index contributed by atoms with van der Waals surface area (Å²) >= 11 is 0. The van der Waals surface area contributed by atoms with Crippen molar-refractivity contribution in [2.24, 2.45) is 0 Å². The first-order valence-electron chi connectivity index (χ1n) is 4.83. The second kappa shape index (κ2) is 4.39. The van der Waals surface area contributed by atoms with Crippen LogP contribution in [0.4, 0.5) is 22.0 Å². The number of halogens is 5. The van der Waals surface area contributed by atoms with Gasteiger partial charge in [0.25, 0.3) is 0 Å². The van der Waals surface area contributed by atoms with Gasteiger partial charge in [-0.15, -0.1) is 0 Å². The summed E-state index contributed by atoms with van der Waals surface area (Å²) in [6.07, 6.45) is -4.36. The van der Waals surface area contributed by atoms with Crippen LogP contribution in [0.25, 0.3) is 0 Å². The molecule has 0 radical (unpaired) electrons. The SMILES string of the molecule is CCCc1cccc(C(F)(F)C(F)(F)F)c1. The van der Waals surface area contributed by atoms with Gasteiger partial charge in [0, 0.05) is 5.56 Å². The summed E-state index contributed by atoms with van der Waals surface area (Å²) in [7, 11) is 0. The lowest BCUT2D eigenvalue weighted by Gasteiger charge is -2.20. The molecule has 90 valence electrons. The minimum Gasteiger partial charge on any atom is -0.191 e. The number of hydrogen-bond donors (Lipinski definition) is 0. The Hall–Kier alpha value is -1.13. The fourth-order valence-electron chi connectivity index (χ4n) is 1.37. The second-order valence-corrected chi connectivity index (χ2v) is 3.52. The van der Waals surface area contributed by atoms with E-state index in [1.165, 1.54) is 6.07 Å². The van der Waals surface area contributed by atoms with Gasteiger partial charge in [-0.2, -0.15) is 22.0 Å². The van der Waals surface area contributed by atoms with Gasteiger partial charge in [-0.05, 0) is 18.1 Å². The molecule has 0 saturated heterocycles. The van der Waals surface area contributed by atoms with Crippen molar-refractivity contribution in [3.05, 3.63) is 35.4 Å². The van der Waals surface area contributed by atoms with Gasteiger partial charge in [0.1, 0.15) is 0 Å². The molecule has 0 amide bonds. The monoisotopic (exact) mass is 238 g/mol. The molecule has 0 bridgehead atoms. The van der Waals surface area contributed by atoms with Gasteiger partial charge in [0.05, 0.1) is 0 Å². The summed E-state index contributed by atoms with van der Waals surface area (Å²) in [5, 5.41) is 0. The Bertz CT molecular complexity index is 354. The first kappa shape index (κ1) is 12.9. The first-order chi connectivity index (χ1) is 7.29. The molecule has 0 saturated carbocycles. The minimum atomic E-state index is -5.54. The number of rotatable bonds is 3. The number of benzene rings is 1. The van der Waals surface area contributed by atoms with E-state index in [0.29, 0.717) is 18.4 Å². The highest BCUT2D eigenvalue weighted by molar-refractivity contribution is 5.28. The molecular weight excluding hydrogens is 227 g/mol. The van der Waals surface area contributed by atoms with Crippen LogP contribution < -0.4 is 0 Å². The normalized spacial score (nSPS) is 12.9. The topological polar surface area (TPSA) is 0 Å². The van der Waals surface area contributed by atoms with Crippen molar-refractivity contribution in [2.75, 3.05) is 0 Å². The average Bonchev–Trinajstić information content (AvgIpc) is 2.17. The summed E-state index contributed by atoms with van der Waals surface area (Å²) in [4.78, 5) is 0. The molecule has 0 atom stereocenters. The lowest BCUT2D eigenvalue weighted by Crippen LogP contribution is -2.33. The van der Waals surface area contributed by atoms with Crippen LogP contribution in [0.5, 0.6) is 0 Å². The van der Waals surface area contributed by atoms with Crippen molar-refractivity contribution < 1.29 is 22.0 Å². The molecule has 0 fully saturated rings. The van der Waals surface area contributed by atoms with Crippen molar-refractivity contribution in [1.29, 1.82) is 0 Å². The summed E-state index contributed by atoms with van der Waals surface area (Å²) in [5.41, 5.74) is -0.505. The largest absolute Gasteiger partial charge is 0.458 e. The van der Waals surface area contributed by atoms with Gasteiger partial charge in [-0.1, -0.05) is 31.5 Å². The molecule has 0 heterocycles. The maximum Gasteiger partial charge on any atom is 0.458 e. The van der Waals surface area contributed by atoms with Crippen molar-refractivity contribution >= 4 is 0 Å². The van der Waals surface area contributed by atoms with Crippen molar-refractivity contribution in [2.45, 2.75) is 31.9 Å². The second-order valence-electron chi connectivity index (χ2n) is 3.52. The molecule has 0 aliphatic carbocycles. The third-order valence-electron chi connectivity index (χ3n) is 2.18. The lowest BCUT2D eigenvalue weighted by molar-refractivity contribution is -0.289. The van der Waals surface area contributed by atoms with Crippen molar-refractivity contribution in [3.63, 3.8) is 0 Å². The van der Waals surface area contributed by atoms with Crippen molar-refractivity contribution in [1.82, 2.24) is 0 Å². The molecule has 0 unspecified atom stereocenters. The highest BCUT2D eigenvalue weighted by atomic mass is 19.4. The van der Waals surface area contributed by atoms with E-state index in [4.69, 9.17) is 0 Å². The van der Waals surface area contributed by atoms with Crippen LogP contribution in [-0.2, 0) is 12.3 Å². The van der Waals surface area contributed by atoms with Crippen LogP contribution in [0, 0.1) is 0 Å². The number of alkyl halides is 5. The summed E-state index contributed by atoms with van der Waals surface area (Å²) in [5.74, 6) is -4.78. The van der Waals surface area contributed by atoms with E-state index < -0.39 is 17.7 Å². The van der Waals surface area contributed by atoms with Gasteiger partial charge < -0.3 is 0 Å². The Labute approximate surface area is 90.1 Å². The molecule has 0 spiro atoms. The van der Waals surface area contributed by atoms with E-state index in [0.717, 1.165) is 12.1 Å². The Morgan fingerprint density at radius 1 is 1.06 bits per heavy atom. The average molecular weight is 238 g/mol. The Kier molecular flexibility index (Phi) is 3.55. The van der Waals surface area contributed by atoms with Crippen molar-refractivity contribution in [3.8, 4) is 0 Å². The van der Waals surface area contributed by atoms with Gasteiger partial charge >= 0.3 is 12.1 Å². The molecule has 16 heavy (non-hydrogen) atoms. The van der Waals surface area contributed by atoms with E-state index in [2.05, 4.69) is 0 Å². The smallest absolute Gasteiger partial charge is 0.191 e. The zero-order chi connectivity index (χ0) is 12.4. The van der Waals surface area contributed by atoms with Crippen LogP contribution in [-0.4, -0.2) is 6.18 Å². The number of aryl methyl sites for hydroxylation is 1. The standard InChI is InChI=1S/C11H11F5/c1-2-4-8-5-3-6-9(7-8)10(12,13)11(14,15)16/h3,5-7H,2,4H2,1H3. The molecule has 5 heteroatoms. The predicted octanol–water partition coefficient (Wildman–Crippen LogP) is 4.29. The van der Waals surface area contributed by atoms with Crippen LogP contribution in [0.3, 0.4) is 0 Å². The van der Waals surface area contributed by atoms with Gasteiger partial charge in [0.15, 0.2) is 0 Å². The highest BCUT2D eigenvalue weighted by Gasteiger charge is 2.58. The van der Waals surface area contributed by atoms with Crippen LogP contribution in [0.2, 0.25) is 0 Å². The van der Waals surface area contributed by atoms with E-state index in [9.17, 15) is 22.0 Å². The molecule has 0 N–H and O–H groups in total. The van der Waals surface area contributed by atoms with Crippen LogP contribution >= 0.6 is 0 Å². The van der Waals surface area contributed by atoms with Gasteiger partial charge in [-0.3, -0.25) is 0 Å². The molecule has 1 aromatic rings. The third-order valence-corrected chi connectivity index (χ3v) is 2.18. The molecule has 0 aliphatic heterocycles. The molecule has 1 rings (SSSR count). The van der Waals surface area contributed by atoms with Gasteiger partial charge in [0.2, 0.25) is 0 Å². The molecule has 0 aromatic heterocycles. The Morgan fingerprint density at radius 2 is 1.69 bits per heavy atom. The van der Waals surface area contributed by atoms with Crippen LogP contribution in [0.15, 0.2) is 24.3 Å². The quantitative estimate of drug-likeness (QED) is 0.689. The highest BCUT2D eigenvalue weighted by Crippen LogP contribution is 2.43. The fourth-order valence-corrected chi connectivity index (χ4v) is 1.37. The minimum absolute atomic E-state index is 0.488. The molecule has 0 aliphatic rings. The molecule has 1 aromatic carbocycles. The third kappa shape index (κ3) is 2.51. The molecular formula is C11H11F5. The van der Waals surface area contributed by atoms with E-state index in [-0.39, 0.29) is 0 Å². The van der Waals surface area contributed by atoms with E-state index in [1.54, 1.807) is 6.07 Å². The summed E-state index contributed by atoms with van der Waals surface area (Å²) in [6, 6.07) is 4.48. The van der Waals surface area contributed by atoms with E-state index >= 15 is 0 Å². The summed E-state index contributed by atoms with van der Waals surface area (Å²) < 4.78 is 62.2. The number of hydrogen-bond acceptors (Lipinski definition) is 0. The lowest BCUT2D eigenvalue weighted by atomic mass is 10.0. The van der Waals surface area contributed by atoms with Crippen LogP contribution in [0.1, 0.15) is 24.5 Å². The molecule has 0 nitrogen and oxygen atoms in total. The van der Waals surface area contributed by atoms with E-state index in [1.807, 2.05) is 6.92 Å². The predicted molar refractivity (Wildman–Crippen MR) is 50.4 cm³/mol. The fraction of sp³-hybridized carbons (Fsp3) is 0.455. The summed E-state index contributed by atoms with van der Waals surface area (Å²) in [6.45, 7) is 1.83. The first-order valence-corrected chi connectivity index (χ1v) is 4.83. The zero-order valence-electron chi connectivity index (χ0n) is 8.61. The Morgan fingerprint density at radius 3 is 2.19 bits per heavy atom. The maximum atomic E-state index is 13.0. The Balaban J connectivity index is 3.08.